The molecule has 0 unspecified atom stereocenters. The van der Waals surface area contributed by atoms with Gasteiger partial charge in [-0.15, -0.1) is 0 Å². The zero-order valence-corrected chi connectivity index (χ0v) is 14.1. The number of carboxylic acid groups (broad SMARTS) is 1. The summed E-state index contributed by atoms with van der Waals surface area (Å²) in [5.41, 5.74) is -0.302. The van der Waals surface area contributed by atoms with Gasteiger partial charge in [-0.25, -0.2) is 8.42 Å². The topological polar surface area (TPSA) is 113 Å². The van der Waals surface area contributed by atoms with Crippen LogP contribution in [0.1, 0.15) is 24.2 Å². The molecule has 0 aliphatic heterocycles. The van der Waals surface area contributed by atoms with Gasteiger partial charge in [0.2, 0.25) is 10.0 Å². The highest BCUT2D eigenvalue weighted by molar-refractivity contribution is 7.89. The van der Waals surface area contributed by atoms with Crippen LogP contribution in [0, 0.1) is 5.92 Å². The fraction of sp³-hybridized carbons (Fsp3) is 0.429. The number of aliphatic carboxylic acids is 1. The summed E-state index contributed by atoms with van der Waals surface area (Å²) >= 11 is 0. The highest BCUT2D eigenvalue weighted by atomic mass is 32.2. The SMILES string of the molecule is CC(C)[C@@H](NS(=O)(=O)c1cccc(C(=O)NCC(F)(F)F)c1)C(=O)O. The highest BCUT2D eigenvalue weighted by Gasteiger charge is 2.29. The Morgan fingerprint density at radius 3 is 2.32 bits per heavy atom. The number of rotatable bonds is 7. The lowest BCUT2D eigenvalue weighted by Gasteiger charge is -2.18. The highest BCUT2D eigenvalue weighted by Crippen LogP contribution is 2.16. The Morgan fingerprint density at radius 2 is 1.84 bits per heavy atom. The number of hydrogen-bond acceptors (Lipinski definition) is 4. The van der Waals surface area contributed by atoms with E-state index in [0.717, 1.165) is 18.2 Å². The summed E-state index contributed by atoms with van der Waals surface area (Å²) in [4.78, 5) is 22.4. The van der Waals surface area contributed by atoms with Crippen molar-refractivity contribution in [3.05, 3.63) is 29.8 Å². The lowest BCUT2D eigenvalue weighted by Crippen LogP contribution is -2.44. The molecule has 1 aromatic carbocycles. The first-order chi connectivity index (χ1) is 11.3. The van der Waals surface area contributed by atoms with E-state index in [2.05, 4.69) is 0 Å². The third kappa shape index (κ3) is 6.35. The largest absolute Gasteiger partial charge is 0.480 e. The van der Waals surface area contributed by atoms with Crippen molar-refractivity contribution in [1.29, 1.82) is 0 Å². The molecule has 0 heterocycles. The summed E-state index contributed by atoms with van der Waals surface area (Å²) in [5.74, 6) is -3.03. The maximum absolute atomic E-state index is 12.3. The normalized spacial score (nSPS) is 13.5. The monoisotopic (exact) mass is 382 g/mol. The molecule has 1 atom stereocenters. The standard InChI is InChI=1S/C14H17F3N2O5S/c1-8(2)11(13(21)22)19-25(23,24)10-5-3-4-9(6-10)12(20)18-7-14(15,16)17/h3-6,8,11,19H,7H2,1-2H3,(H,18,20)(H,21,22)/t11-/m1/s1. The Kier molecular flexibility index (Phi) is 6.54. The second-order valence-electron chi connectivity index (χ2n) is 5.51. The van der Waals surface area contributed by atoms with Crippen LogP contribution in [0.5, 0.6) is 0 Å². The van der Waals surface area contributed by atoms with Crippen LogP contribution < -0.4 is 10.0 Å². The van der Waals surface area contributed by atoms with Crippen LogP contribution in [-0.2, 0) is 14.8 Å². The summed E-state index contributed by atoms with van der Waals surface area (Å²) < 4.78 is 62.9. The second-order valence-corrected chi connectivity index (χ2v) is 7.22. The molecule has 25 heavy (non-hydrogen) atoms. The van der Waals surface area contributed by atoms with E-state index in [1.165, 1.54) is 19.9 Å². The number of carbonyl (C=O) groups excluding carboxylic acids is 1. The number of sulfonamides is 1. The van der Waals surface area contributed by atoms with Crippen LogP contribution in [0.4, 0.5) is 13.2 Å². The van der Waals surface area contributed by atoms with E-state index in [-0.39, 0.29) is 5.56 Å². The van der Waals surface area contributed by atoms with Crippen molar-refractivity contribution in [2.45, 2.75) is 31.0 Å². The molecule has 1 aromatic rings. The molecule has 7 nitrogen and oxygen atoms in total. The van der Waals surface area contributed by atoms with Crippen LogP contribution in [0.25, 0.3) is 0 Å². The Labute approximate surface area is 142 Å². The van der Waals surface area contributed by atoms with Gasteiger partial charge in [0.05, 0.1) is 4.90 Å². The van der Waals surface area contributed by atoms with Crippen molar-refractivity contribution in [3.63, 3.8) is 0 Å². The summed E-state index contributed by atoms with van der Waals surface area (Å²) in [6, 6.07) is 2.88. The average molecular weight is 382 g/mol. The van der Waals surface area contributed by atoms with Crippen LogP contribution in [-0.4, -0.2) is 44.2 Å². The zero-order valence-electron chi connectivity index (χ0n) is 13.3. The maximum Gasteiger partial charge on any atom is 0.405 e. The van der Waals surface area contributed by atoms with Crippen molar-refractivity contribution in [2.75, 3.05) is 6.54 Å². The molecule has 0 aliphatic rings. The van der Waals surface area contributed by atoms with Gasteiger partial charge in [0, 0.05) is 5.56 Å². The van der Waals surface area contributed by atoms with Crippen molar-refractivity contribution >= 4 is 21.9 Å². The Morgan fingerprint density at radius 1 is 1.24 bits per heavy atom. The van der Waals surface area contributed by atoms with Gasteiger partial charge < -0.3 is 10.4 Å². The molecule has 0 bridgehead atoms. The van der Waals surface area contributed by atoms with Gasteiger partial charge in [-0.2, -0.15) is 17.9 Å². The van der Waals surface area contributed by atoms with E-state index in [9.17, 15) is 31.2 Å². The molecule has 0 saturated carbocycles. The summed E-state index contributed by atoms with van der Waals surface area (Å²) in [6.07, 6.45) is -4.60. The first kappa shape index (κ1) is 20.9. The lowest BCUT2D eigenvalue weighted by atomic mass is 10.1. The van der Waals surface area contributed by atoms with Crippen LogP contribution >= 0.6 is 0 Å². The molecule has 11 heteroatoms. The third-order valence-corrected chi connectivity index (χ3v) is 4.51. The van der Waals surface area contributed by atoms with Gasteiger partial charge in [-0.05, 0) is 24.1 Å². The minimum absolute atomic E-state index is 0.302. The maximum atomic E-state index is 12.3. The van der Waals surface area contributed by atoms with Crippen LogP contribution in [0.15, 0.2) is 29.2 Å². The minimum atomic E-state index is -4.60. The van der Waals surface area contributed by atoms with Gasteiger partial charge >= 0.3 is 12.1 Å². The molecule has 3 N–H and O–H groups in total. The number of carbonyl (C=O) groups is 2. The molecule has 0 saturated heterocycles. The fourth-order valence-corrected chi connectivity index (χ4v) is 3.18. The number of amides is 1. The number of alkyl halides is 3. The van der Waals surface area contributed by atoms with Crippen molar-refractivity contribution in [2.24, 2.45) is 5.92 Å². The number of carboxylic acids is 1. The van der Waals surface area contributed by atoms with E-state index in [4.69, 9.17) is 5.11 Å². The third-order valence-electron chi connectivity index (χ3n) is 3.07. The van der Waals surface area contributed by atoms with Gasteiger partial charge in [-0.3, -0.25) is 9.59 Å². The van der Waals surface area contributed by atoms with Crippen molar-refractivity contribution in [1.82, 2.24) is 10.0 Å². The molecule has 0 aliphatic carbocycles. The van der Waals surface area contributed by atoms with Crippen molar-refractivity contribution in [3.8, 4) is 0 Å². The number of nitrogens with one attached hydrogen (secondary N) is 2. The summed E-state index contributed by atoms with van der Waals surface area (Å²) in [7, 11) is -4.28. The van der Waals surface area contributed by atoms with Gasteiger partial charge in [0.1, 0.15) is 12.6 Å². The first-order valence-electron chi connectivity index (χ1n) is 7.03. The smallest absolute Gasteiger partial charge is 0.405 e. The lowest BCUT2D eigenvalue weighted by molar-refractivity contribution is -0.140. The molecule has 1 amide bonds. The zero-order chi connectivity index (χ0) is 19.4. The molecule has 0 radical (unpaired) electrons. The molecule has 0 fully saturated rings. The quantitative estimate of drug-likeness (QED) is 0.659. The number of hydrogen-bond donors (Lipinski definition) is 3. The Hall–Kier alpha value is -2.14. The Bertz CT molecular complexity index is 747. The van der Waals surface area contributed by atoms with Gasteiger partial charge in [0.25, 0.3) is 5.91 Å². The first-order valence-corrected chi connectivity index (χ1v) is 8.52. The summed E-state index contributed by atoms with van der Waals surface area (Å²) in [6.45, 7) is 1.44. The van der Waals surface area contributed by atoms with E-state index >= 15 is 0 Å². The van der Waals surface area contributed by atoms with Gasteiger partial charge in [0.15, 0.2) is 0 Å². The minimum Gasteiger partial charge on any atom is -0.480 e. The number of halogens is 3. The van der Waals surface area contributed by atoms with Crippen LogP contribution in [0.3, 0.4) is 0 Å². The van der Waals surface area contributed by atoms with Crippen molar-refractivity contribution < 1.29 is 36.3 Å². The molecule has 140 valence electrons. The molecule has 1 rings (SSSR count). The number of benzene rings is 1. The molecule has 0 aromatic heterocycles. The van der Waals surface area contributed by atoms with Gasteiger partial charge in [-0.1, -0.05) is 19.9 Å². The average Bonchev–Trinajstić information content (AvgIpc) is 2.49. The molecular weight excluding hydrogens is 365 g/mol. The van der Waals surface area contributed by atoms with E-state index < -0.39 is 51.5 Å². The molecular formula is C14H17F3N2O5S. The predicted octanol–water partition coefficient (Wildman–Crippen LogP) is 1.37. The van der Waals surface area contributed by atoms with E-state index in [0.29, 0.717) is 0 Å². The predicted molar refractivity (Wildman–Crippen MR) is 81.4 cm³/mol. The summed E-state index contributed by atoms with van der Waals surface area (Å²) in [5, 5.41) is 10.7. The van der Waals surface area contributed by atoms with Crippen LogP contribution in [0.2, 0.25) is 0 Å². The fourth-order valence-electron chi connectivity index (χ4n) is 1.79. The molecule has 0 spiro atoms. The van der Waals surface area contributed by atoms with E-state index in [1.54, 1.807) is 5.32 Å². The Balaban J connectivity index is 3.03. The second kappa shape index (κ2) is 7.83. The van der Waals surface area contributed by atoms with E-state index in [1.807, 2.05) is 4.72 Å².